The maximum absolute atomic E-state index is 6.04. The molecule has 2 aromatic heterocycles. The fourth-order valence-electron chi connectivity index (χ4n) is 6.07. The number of pyridine rings is 1. The summed E-state index contributed by atoms with van der Waals surface area (Å²) in [6, 6.07) is 55.6. The Kier molecular flexibility index (Phi) is 6.39. The number of aryl methyl sites for hydroxylation is 1. The Morgan fingerprint density at radius 2 is 0.955 bits per heavy atom. The topological polar surface area (TPSA) is 26.0 Å². The first-order chi connectivity index (χ1) is 21.7. The van der Waals surface area contributed by atoms with E-state index < -0.39 is 0 Å². The molecule has 44 heavy (non-hydrogen) atoms. The predicted molar refractivity (Wildman–Crippen MR) is 183 cm³/mol. The lowest BCUT2D eigenvalue weighted by molar-refractivity contribution is 0.669. The molecule has 0 N–H and O–H groups in total. The third-order valence-corrected chi connectivity index (χ3v) is 8.44. The summed E-state index contributed by atoms with van der Waals surface area (Å²) in [6.07, 6.45) is 0. The number of rotatable bonds is 5. The molecule has 0 spiro atoms. The second-order valence-electron chi connectivity index (χ2n) is 11.3. The van der Waals surface area contributed by atoms with Crippen LogP contribution >= 0.6 is 0 Å². The number of benzene rings is 6. The molecule has 0 aliphatic rings. The maximum atomic E-state index is 6.04. The Bertz CT molecular complexity index is 2200. The smallest absolute Gasteiger partial charge is 0.135 e. The highest BCUT2D eigenvalue weighted by Crippen LogP contribution is 2.36. The van der Waals surface area contributed by atoms with Crippen molar-refractivity contribution in [2.24, 2.45) is 0 Å². The van der Waals surface area contributed by atoms with Gasteiger partial charge in [0.1, 0.15) is 11.2 Å². The molecular weight excluding hydrogens is 534 g/mol. The van der Waals surface area contributed by atoms with Crippen molar-refractivity contribution in [1.82, 2.24) is 4.98 Å². The lowest BCUT2D eigenvalue weighted by atomic mass is 9.94. The molecule has 0 aliphatic carbocycles. The zero-order valence-electron chi connectivity index (χ0n) is 24.4. The van der Waals surface area contributed by atoms with Gasteiger partial charge in [-0.05, 0) is 82.3 Å². The second-order valence-corrected chi connectivity index (χ2v) is 11.3. The number of hydrogen-bond acceptors (Lipinski definition) is 2. The Labute approximate surface area is 256 Å². The van der Waals surface area contributed by atoms with Gasteiger partial charge in [0.25, 0.3) is 0 Å². The number of para-hydroxylation sites is 1. The van der Waals surface area contributed by atoms with E-state index in [0.29, 0.717) is 0 Å². The van der Waals surface area contributed by atoms with Crippen molar-refractivity contribution in [1.29, 1.82) is 0 Å². The average molecular weight is 564 g/mol. The minimum atomic E-state index is 0.916. The number of fused-ring (bicyclic) bond motifs is 3. The van der Waals surface area contributed by atoms with Crippen molar-refractivity contribution in [3.05, 3.63) is 163 Å². The highest BCUT2D eigenvalue weighted by atomic mass is 16.3. The van der Waals surface area contributed by atoms with Crippen molar-refractivity contribution >= 4 is 21.9 Å². The zero-order valence-corrected chi connectivity index (χ0v) is 24.4. The summed E-state index contributed by atoms with van der Waals surface area (Å²) in [4.78, 5) is 5.15. The molecule has 0 amide bonds. The molecule has 6 aromatic carbocycles. The Morgan fingerprint density at radius 3 is 1.73 bits per heavy atom. The number of furan rings is 1. The van der Waals surface area contributed by atoms with Crippen molar-refractivity contribution in [2.45, 2.75) is 6.92 Å². The summed E-state index contributed by atoms with van der Waals surface area (Å²) in [7, 11) is 0. The molecule has 208 valence electrons. The van der Waals surface area contributed by atoms with Gasteiger partial charge in [0, 0.05) is 21.9 Å². The van der Waals surface area contributed by atoms with Gasteiger partial charge in [-0.15, -0.1) is 0 Å². The van der Waals surface area contributed by atoms with Crippen LogP contribution in [0.1, 0.15) is 5.56 Å². The van der Waals surface area contributed by atoms with E-state index in [1.165, 1.54) is 33.4 Å². The van der Waals surface area contributed by atoms with Crippen LogP contribution in [-0.4, -0.2) is 4.98 Å². The first kappa shape index (κ1) is 25.9. The van der Waals surface area contributed by atoms with Crippen LogP contribution < -0.4 is 0 Å². The molecule has 0 radical (unpaired) electrons. The molecule has 2 heterocycles. The molecule has 2 nitrogen and oxygen atoms in total. The zero-order chi connectivity index (χ0) is 29.5. The maximum Gasteiger partial charge on any atom is 0.135 e. The van der Waals surface area contributed by atoms with Crippen LogP contribution in [0.2, 0.25) is 0 Å². The van der Waals surface area contributed by atoms with Crippen LogP contribution in [0.5, 0.6) is 0 Å². The average Bonchev–Trinajstić information content (AvgIpc) is 3.47. The molecule has 0 bridgehead atoms. The van der Waals surface area contributed by atoms with Gasteiger partial charge in [0.05, 0.1) is 11.4 Å². The quantitative estimate of drug-likeness (QED) is 0.208. The fourth-order valence-corrected chi connectivity index (χ4v) is 6.07. The summed E-state index contributed by atoms with van der Waals surface area (Å²) in [5.41, 5.74) is 14.3. The summed E-state index contributed by atoms with van der Waals surface area (Å²) in [5.74, 6) is 0. The normalized spacial score (nSPS) is 11.3. The molecule has 8 rings (SSSR count). The van der Waals surface area contributed by atoms with E-state index in [2.05, 4.69) is 146 Å². The second kappa shape index (κ2) is 10.8. The molecule has 0 saturated heterocycles. The number of nitrogens with zero attached hydrogens (tertiary/aromatic N) is 1. The van der Waals surface area contributed by atoms with E-state index in [4.69, 9.17) is 9.40 Å². The van der Waals surface area contributed by atoms with Gasteiger partial charge in [-0.3, -0.25) is 0 Å². The first-order valence-electron chi connectivity index (χ1n) is 15.0. The van der Waals surface area contributed by atoms with Gasteiger partial charge in [0.15, 0.2) is 0 Å². The SMILES string of the molecule is Cc1ccc(-c2cc(-c3ccccc3)cc(-c3ccccc3)n2)cc1-c1ccc(-c2ccc3oc4ccccc4c3c2)cc1. The monoisotopic (exact) mass is 563 g/mol. The molecule has 0 unspecified atom stereocenters. The summed E-state index contributed by atoms with van der Waals surface area (Å²) in [6.45, 7) is 2.17. The molecule has 8 aromatic rings. The predicted octanol–water partition coefficient (Wildman–Crippen LogP) is 11.6. The fraction of sp³-hybridized carbons (Fsp3) is 0.0238. The minimum absolute atomic E-state index is 0.916. The van der Waals surface area contributed by atoms with E-state index in [1.54, 1.807) is 0 Å². The van der Waals surface area contributed by atoms with Gasteiger partial charge >= 0.3 is 0 Å². The molecule has 0 saturated carbocycles. The van der Waals surface area contributed by atoms with Crippen molar-refractivity contribution in [3.63, 3.8) is 0 Å². The van der Waals surface area contributed by atoms with E-state index in [1.807, 2.05) is 18.2 Å². The molecule has 2 heteroatoms. The Balaban J connectivity index is 1.18. The van der Waals surface area contributed by atoms with E-state index in [9.17, 15) is 0 Å². The van der Waals surface area contributed by atoms with Crippen LogP contribution in [0.15, 0.2) is 162 Å². The van der Waals surface area contributed by atoms with Crippen molar-refractivity contribution < 1.29 is 4.42 Å². The van der Waals surface area contributed by atoms with Gasteiger partial charge in [-0.2, -0.15) is 0 Å². The largest absolute Gasteiger partial charge is 0.456 e. The van der Waals surface area contributed by atoms with Crippen LogP contribution in [-0.2, 0) is 0 Å². The Hall–Kier alpha value is -5.73. The van der Waals surface area contributed by atoms with Gasteiger partial charge < -0.3 is 4.42 Å². The van der Waals surface area contributed by atoms with E-state index in [-0.39, 0.29) is 0 Å². The number of aromatic nitrogens is 1. The van der Waals surface area contributed by atoms with Gasteiger partial charge in [-0.25, -0.2) is 4.98 Å². The van der Waals surface area contributed by atoms with Crippen LogP contribution in [0.3, 0.4) is 0 Å². The third kappa shape index (κ3) is 4.77. The summed E-state index contributed by atoms with van der Waals surface area (Å²) >= 11 is 0. The third-order valence-electron chi connectivity index (χ3n) is 8.44. The molecule has 0 fully saturated rings. The number of hydrogen-bond donors (Lipinski definition) is 0. The van der Waals surface area contributed by atoms with Gasteiger partial charge in [0.2, 0.25) is 0 Å². The summed E-state index contributed by atoms with van der Waals surface area (Å²) < 4.78 is 6.04. The lowest BCUT2D eigenvalue weighted by Gasteiger charge is -2.13. The van der Waals surface area contributed by atoms with Crippen LogP contribution in [0.25, 0.3) is 77.8 Å². The lowest BCUT2D eigenvalue weighted by Crippen LogP contribution is -1.92. The van der Waals surface area contributed by atoms with Crippen LogP contribution in [0.4, 0.5) is 0 Å². The molecular formula is C42H29NO. The highest BCUT2D eigenvalue weighted by Gasteiger charge is 2.12. The summed E-state index contributed by atoms with van der Waals surface area (Å²) in [5, 5.41) is 2.29. The van der Waals surface area contributed by atoms with E-state index in [0.717, 1.165) is 50.0 Å². The van der Waals surface area contributed by atoms with Gasteiger partial charge in [-0.1, -0.05) is 121 Å². The van der Waals surface area contributed by atoms with Crippen molar-refractivity contribution in [3.8, 4) is 55.9 Å². The van der Waals surface area contributed by atoms with E-state index >= 15 is 0 Å². The standard InChI is InChI=1S/C42H29NO/c1-28-16-17-34(40-27-35(29-10-4-2-5-11-29)26-39(43-40)32-12-6-3-7-13-32)25-37(28)31-20-18-30(19-21-31)33-22-23-42-38(24-33)36-14-8-9-15-41(36)44-42/h2-27H,1H3. The van der Waals surface area contributed by atoms with Crippen LogP contribution in [0, 0.1) is 6.92 Å². The van der Waals surface area contributed by atoms with Crippen molar-refractivity contribution in [2.75, 3.05) is 0 Å². The highest BCUT2D eigenvalue weighted by molar-refractivity contribution is 6.06. The molecule has 0 aliphatic heterocycles. The molecule has 0 atom stereocenters. The first-order valence-corrected chi connectivity index (χ1v) is 15.0. The minimum Gasteiger partial charge on any atom is -0.456 e. The Morgan fingerprint density at radius 1 is 0.386 bits per heavy atom.